The molecule has 1 aromatic carbocycles. The van der Waals surface area contributed by atoms with Gasteiger partial charge >= 0.3 is 0 Å². The highest BCUT2D eigenvalue weighted by Crippen LogP contribution is 2.35. The van der Waals surface area contributed by atoms with Gasteiger partial charge < -0.3 is 0 Å². The van der Waals surface area contributed by atoms with E-state index >= 15 is 0 Å². The molecule has 0 spiro atoms. The van der Waals surface area contributed by atoms with Gasteiger partial charge in [-0.15, -0.1) is 11.3 Å². The van der Waals surface area contributed by atoms with E-state index in [9.17, 15) is 0 Å². The highest BCUT2D eigenvalue weighted by Gasteiger charge is 2.18. The third-order valence-electron chi connectivity index (χ3n) is 2.79. The van der Waals surface area contributed by atoms with Crippen LogP contribution in [0.4, 0.5) is 0 Å². The van der Waals surface area contributed by atoms with E-state index in [0.29, 0.717) is 0 Å². The SMILES string of the molecule is Cc1cccc(C#Cc2cc(C(C)(C)C)sc2Cl)c1. The zero-order valence-corrected chi connectivity index (χ0v) is 13.2. The molecule has 0 saturated heterocycles. The molecular formula is C17H17ClS. The number of rotatable bonds is 0. The van der Waals surface area contributed by atoms with Crippen LogP contribution in [0.3, 0.4) is 0 Å². The van der Waals surface area contributed by atoms with Crippen molar-refractivity contribution in [3.05, 3.63) is 56.2 Å². The van der Waals surface area contributed by atoms with Crippen molar-refractivity contribution >= 4 is 22.9 Å². The van der Waals surface area contributed by atoms with E-state index in [2.05, 4.69) is 57.7 Å². The lowest BCUT2D eigenvalue weighted by molar-refractivity contribution is 0.604. The zero-order valence-electron chi connectivity index (χ0n) is 11.7. The van der Waals surface area contributed by atoms with Gasteiger partial charge in [0, 0.05) is 10.4 Å². The summed E-state index contributed by atoms with van der Waals surface area (Å²) in [4.78, 5) is 1.27. The van der Waals surface area contributed by atoms with Crippen LogP contribution < -0.4 is 0 Å². The Morgan fingerprint density at radius 3 is 2.42 bits per heavy atom. The van der Waals surface area contributed by atoms with E-state index in [1.54, 1.807) is 11.3 Å². The number of hydrogen-bond donors (Lipinski definition) is 0. The fourth-order valence-corrected chi connectivity index (χ4v) is 2.93. The van der Waals surface area contributed by atoms with Crippen molar-refractivity contribution in [2.75, 3.05) is 0 Å². The van der Waals surface area contributed by atoms with Gasteiger partial charge in [-0.25, -0.2) is 0 Å². The summed E-state index contributed by atoms with van der Waals surface area (Å²) in [5.41, 5.74) is 3.30. The van der Waals surface area contributed by atoms with Crippen molar-refractivity contribution in [1.29, 1.82) is 0 Å². The van der Waals surface area contributed by atoms with Crippen LogP contribution in [-0.2, 0) is 5.41 Å². The normalized spacial score (nSPS) is 11.0. The third-order valence-corrected chi connectivity index (χ3v) is 4.57. The summed E-state index contributed by atoms with van der Waals surface area (Å²) in [6, 6.07) is 10.3. The van der Waals surface area contributed by atoms with Crippen molar-refractivity contribution in [3.8, 4) is 11.8 Å². The fourth-order valence-electron chi connectivity index (χ4n) is 1.69. The smallest absolute Gasteiger partial charge is 0.109 e. The molecule has 0 nitrogen and oxygen atoms in total. The molecular weight excluding hydrogens is 272 g/mol. The van der Waals surface area contributed by atoms with Crippen LogP contribution in [0.15, 0.2) is 30.3 Å². The van der Waals surface area contributed by atoms with E-state index in [4.69, 9.17) is 11.6 Å². The van der Waals surface area contributed by atoms with Crippen LogP contribution >= 0.6 is 22.9 Å². The second-order valence-corrected chi connectivity index (χ2v) is 7.32. The number of hydrogen-bond acceptors (Lipinski definition) is 1. The van der Waals surface area contributed by atoms with Crippen molar-refractivity contribution in [3.63, 3.8) is 0 Å². The molecule has 2 rings (SSSR count). The standard InChI is InChI=1S/C17H17ClS/c1-12-6-5-7-13(10-12)8-9-14-11-15(17(2,3)4)19-16(14)18/h5-7,10-11H,1-4H3. The second kappa shape index (κ2) is 5.41. The maximum absolute atomic E-state index is 6.26. The largest absolute Gasteiger partial charge is 0.127 e. The van der Waals surface area contributed by atoms with Crippen molar-refractivity contribution in [1.82, 2.24) is 0 Å². The molecule has 2 heteroatoms. The van der Waals surface area contributed by atoms with Crippen LogP contribution in [0.2, 0.25) is 4.34 Å². The van der Waals surface area contributed by atoms with Gasteiger partial charge in [0.2, 0.25) is 0 Å². The van der Waals surface area contributed by atoms with Crippen LogP contribution in [0.25, 0.3) is 0 Å². The van der Waals surface area contributed by atoms with E-state index in [-0.39, 0.29) is 5.41 Å². The molecule has 0 aliphatic heterocycles. The Labute approximate surface area is 124 Å². The minimum absolute atomic E-state index is 0.123. The molecule has 0 aliphatic carbocycles. The number of benzene rings is 1. The minimum Gasteiger partial charge on any atom is -0.127 e. The Balaban J connectivity index is 2.33. The van der Waals surface area contributed by atoms with E-state index in [0.717, 1.165) is 15.5 Å². The van der Waals surface area contributed by atoms with Crippen molar-refractivity contribution in [2.45, 2.75) is 33.1 Å². The zero-order chi connectivity index (χ0) is 14.0. The summed E-state index contributed by atoms with van der Waals surface area (Å²) in [7, 11) is 0. The van der Waals surface area contributed by atoms with Gasteiger partial charge in [0.05, 0.1) is 5.56 Å². The molecule has 1 aromatic heterocycles. The van der Waals surface area contributed by atoms with E-state index < -0.39 is 0 Å². The molecule has 0 fully saturated rings. The van der Waals surface area contributed by atoms with Crippen LogP contribution in [0, 0.1) is 18.8 Å². The summed E-state index contributed by atoms with van der Waals surface area (Å²) in [5, 5.41) is 0. The lowest BCUT2D eigenvalue weighted by Gasteiger charge is -2.14. The first-order valence-corrected chi connectivity index (χ1v) is 7.44. The molecule has 2 aromatic rings. The Bertz CT molecular complexity index is 648. The van der Waals surface area contributed by atoms with Crippen LogP contribution in [0.1, 0.15) is 42.3 Å². The maximum Gasteiger partial charge on any atom is 0.109 e. The Morgan fingerprint density at radius 1 is 1.11 bits per heavy atom. The predicted octanol–water partition coefficient (Wildman–Crippen LogP) is 5.41. The highest BCUT2D eigenvalue weighted by molar-refractivity contribution is 7.16. The maximum atomic E-state index is 6.26. The Hall–Kier alpha value is -1.23. The Kier molecular flexibility index (Phi) is 4.04. The van der Waals surface area contributed by atoms with Gasteiger partial charge in [-0.05, 0) is 36.1 Å². The molecule has 0 bridgehead atoms. The number of aryl methyl sites for hydroxylation is 1. The van der Waals surface area contributed by atoms with Gasteiger partial charge in [-0.1, -0.05) is 56.3 Å². The first-order chi connectivity index (χ1) is 8.86. The molecule has 0 radical (unpaired) electrons. The monoisotopic (exact) mass is 288 g/mol. The Morgan fingerprint density at radius 2 is 1.84 bits per heavy atom. The summed E-state index contributed by atoms with van der Waals surface area (Å²) < 4.78 is 0.782. The summed E-state index contributed by atoms with van der Waals surface area (Å²) in [6.45, 7) is 8.63. The molecule has 0 saturated carbocycles. The van der Waals surface area contributed by atoms with Gasteiger partial charge in [0.15, 0.2) is 0 Å². The molecule has 98 valence electrons. The minimum atomic E-state index is 0.123. The number of halogens is 1. The molecule has 0 N–H and O–H groups in total. The lowest BCUT2D eigenvalue weighted by atomic mass is 9.94. The first-order valence-electron chi connectivity index (χ1n) is 6.25. The van der Waals surface area contributed by atoms with Gasteiger partial charge in [-0.3, -0.25) is 0 Å². The van der Waals surface area contributed by atoms with Gasteiger partial charge in [0.1, 0.15) is 4.34 Å². The molecule has 0 aliphatic rings. The first kappa shape index (κ1) is 14.2. The molecule has 1 heterocycles. The third kappa shape index (κ3) is 3.62. The summed E-state index contributed by atoms with van der Waals surface area (Å²) in [5.74, 6) is 6.36. The van der Waals surface area contributed by atoms with Crippen LogP contribution in [0.5, 0.6) is 0 Å². The molecule has 0 amide bonds. The average Bonchev–Trinajstić information content (AvgIpc) is 2.68. The molecule has 0 atom stereocenters. The molecule has 0 unspecified atom stereocenters. The van der Waals surface area contributed by atoms with Gasteiger partial charge in [0.25, 0.3) is 0 Å². The predicted molar refractivity (Wildman–Crippen MR) is 85.2 cm³/mol. The van der Waals surface area contributed by atoms with Crippen LogP contribution in [-0.4, -0.2) is 0 Å². The summed E-state index contributed by atoms with van der Waals surface area (Å²) >= 11 is 7.89. The highest BCUT2D eigenvalue weighted by atomic mass is 35.5. The quantitative estimate of drug-likeness (QED) is 0.569. The average molecular weight is 289 g/mol. The van der Waals surface area contributed by atoms with Crippen molar-refractivity contribution < 1.29 is 0 Å². The number of thiophene rings is 1. The van der Waals surface area contributed by atoms with Gasteiger partial charge in [-0.2, -0.15) is 0 Å². The summed E-state index contributed by atoms with van der Waals surface area (Å²) in [6.07, 6.45) is 0. The van der Waals surface area contributed by atoms with E-state index in [1.807, 2.05) is 12.1 Å². The molecule has 19 heavy (non-hydrogen) atoms. The van der Waals surface area contributed by atoms with Crippen molar-refractivity contribution in [2.24, 2.45) is 0 Å². The fraction of sp³-hybridized carbons (Fsp3) is 0.294. The van der Waals surface area contributed by atoms with E-state index in [1.165, 1.54) is 10.4 Å². The lowest BCUT2D eigenvalue weighted by Crippen LogP contribution is -2.07. The second-order valence-electron chi connectivity index (χ2n) is 5.67. The topological polar surface area (TPSA) is 0 Å².